The summed E-state index contributed by atoms with van der Waals surface area (Å²) >= 11 is 0. The van der Waals surface area contributed by atoms with E-state index in [-0.39, 0.29) is 60.8 Å². The van der Waals surface area contributed by atoms with Gasteiger partial charge in [-0.3, -0.25) is 23.4 Å². The molecule has 0 saturated carbocycles. The van der Waals surface area contributed by atoms with Crippen LogP contribution in [0.5, 0.6) is 0 Å². The molecule has 0 aromatic heterocycles. The molecule has 0 aromatic carbocycles. The third-order valence-electron chi connectivity index (χ3n) is 9.20. The highest BCUT2D eigenvalue weighted by Crippen LogP contribution is 2.29. The van der Waals surface area contributed by atoms with E-state index in [2.05, 4.69) is 10.6 Å². The second-order valence-electron chi connectivity index (χ2n) is 13.1. The number of aliphatic hydroxyl groups is 1. The van der Waals surface area contributed by atoms with E-state index >= 15 is 0 Å². The molecule has 1 unspecified atom stereocenters. The Morgan fingerprint density at radius 3 is 2.20 bits per heavy atom. The van der Waals surface area contributed by atoms with Gasteiger partial charge in [-0.05, 0) is 38.0 Å². The lowest BCUT2D eigenvalue weighted by atomic mass is 9.89. The van der Waals surface area contributed by atoms with Gasteiger partial charge in [0.1, 0.15) is 6.04 Å². The van der Waals surface area contributed by atoms with E-state index < -0.39 is 59.0 Å². The minimum atomic E-state index is -1.09. The number of nitrogens with one attached hydrogen (secondary N) is 2. The fourth-order valence-electron chi connectivity index (χ4n) is 6.14. The van der Waals surface area contributed by atoms with Crippen LogP contribution in [0.3, 0.4) is 0 Å². The van der Waals surface area contributed by atoms with Crippen molar-refractivity contribution in [1.29, 1.82) is 0 Å². The van der Waals surface area contributed by atoms with Crippen LogP contribution in [0.4, 0.5) is 0 Å². The Kier molecular flexibility index (Phi) is 18.5. The Labute approximate surface area is 278 Å². The first-order valence-electron chi connectivity index (χ1n) is 16.4. The Morgan fingerprint density at radius 1 is 1.07 bits per heavy atom. The number of carbonyl (C=O) groups is 4. The molecule has 5 N–H and O–H groups in total. The first kappa shape index (κ1) is 41.9. The maximum absolute atomic E-state index is 14.0. The highest BCUT2D eigenvalue weighted by atomic mass is 32.2. The van der Waals surface area contributed by atoms with Gasteiger partial charge < -0.3 is 40.7 Å². The van der Waals surface area contributed by atoms with Crippen molar-refractivity contribution in [3.63, 3.8) is 0 Å². The van der Waals surface area contributed by atoms with Crippen molar-refractivity contribution in [2.75, 3.05) is 46.4 Å². The van der Waals surface area contributed by atoms with E-state index in [4.69, 9.17) is 15.2 Å². The van der Waals surface area contributed by atoms with Gasteiger partial charge in [0, 0.05) is 56.7 Å². The van der Waals surface area contributed by atoms with Crippen molar-refractivity contribution in [2.45, 2.75) is 116 Å². The molecular formula is C32H61N5O8S. The van der Waals surface area contributed by atoms with E-state index in [1.54, 1.807) is 37.0 Å². The molecule has 0 spiro atoms. The van der Waals surface area contributed by atoms with Crippen molar-refractivity contribution in [3.05, 3.63) is 0 Å². The fourth-order valence-corrected chi connectivity index (χ4v) is 6.73. The van der Waals surface area contributed by atoms with Crippen molar-refractivity contribution in [1.82, 2.24) is 20.4 Å². The molecule has 1 saturated heterocycles. The molecule has 268 valence electrons. The van der Waals surface area contributed by atoms with Gasteiger partial charge >= 0.3 is 0 Å². The fraction of sp³-hybridized carbons (Fsp3) is 0.875. The molecule has 1 heterocycles. The monoisotopic (exact) mass is 675 g/mol. The topological polar surface area (TPSA) is 181 Å². The smallest absolute Gasteiger partial charge is 0.245 e. The van der Waals surface area contributed by atoms with E-state index in [1.165, 1.54) is 14.2 Å². The van der Waals surface area contributed by atoms with Gasteiger partial charge in [-0.25, -0.2) is 0 Å². The number of hydrogen-bond acceptors (Lipinski definition) is 9. The molecule has 46 heavy (non-hydrogen) atoms. The normalized spacial score (nSPS) is 21.0. The van der Waals surface area contributed by atoms with Crippen LogP contribution in [0.1, 0.15) is 73.6 Å². The van der Waals surface area contributed by atoms with Crippen LogP contribution in [0.15, 0.2) is 0 Å². The highest BCUT2D eigenvalue weighted by Gasteiger charge is 2.43. The number of carbonyl (C=O) groups excluding carboxylic acids is 4. The van der Waals surface area contributed by atoms with Crippen LogP contribution < -0.4 is 16.4 Å². The summed E-state index contributed by atoms with van der Waals surface area (Å²) < 4.78 is 23.2. The Balaban J connectivity index is 3.20. The van der Waals surface area contributed by atoms with Gasteiger partial charge in [0.15, 0.2) is 0 Å². The Hall–Kier alpha value is -2.13. The van der Waals surface area contributed by atoms with Gasteiger partial charge in [-0.2, -0.15) is 0 Å². The zero-order valence-corrected chi connectivity index (χ0v) is 30.4. The molecule has 13 nitrogen and oxygen atoms in total. The minimum absolute atomic E-state index is 0.00984. The lowest BCUT2D eigenvalue weighted by molar-refractivity contribution is -0.147. The molecule has 1 aliphatic heterocycles. The van der Waals surface area contributed by atoms with Crippen LogP contribution in [0, 0.1) is 17.8 Å². The number of amides is 4. The zero-order chi connectivity index (χ0) is 35.3. The molecule has 14 heteroatoms. The minimum Gasteiger partial charge on any atom is -0.394 e. The number of likely N-dealkylation sites (N-methyl/N-ethyl adjacent to an activating group) is 1. The summed E-state index contributed by atoms with van der Waals surface area (Å²) in [6, 6.07) is -2.96. The number of aliphatic hydroxyl groups excluding tert-OH is 1. The summed E-state index contributed by atoms with van der Waals surface area (Å²) in [6.45, 7) is 11.5. The number of methoxy groups -OCH3 is 2. The molecule has 1 fully saturated rings. The number of nitrogens with two attached hydrogens (primary N) is 1. The summed E-state index contributed by atoms with van der Waals surface area (Å²) in [6.07, 6.45) is 2.75. The number of hydrogen-bond donors (Lipinski definition) is 4. The van der Waals surface area contributed by atoms with Crippen LogP contribution in [0.25, 0.3) is 0 Å². The zero-order valence-electron chi connectivity index (χ0n) is 29.6. The summed E-state index contributed by atoms with van der Waals surface area (Å²) in [7, 11) is 3.64. The van der Waals surface area contributed by atoms with Gasteiger partial charge in [-0.15, -0.1) is 0 Å². The lowest BCUT2D eigenvalue weighted by Gasteiger charge is -2.41. The first-order chi connectivity index (χ1) is 21.5. The maximum atomic E-state index is 14.0. The predicted molar refractivity (Wildman–Crippen MR) is 179 cm³/mol. The lowest BCUT2D eigenvalue weighted by Crippen LogP contribution is -2.59. The number of likely N-dealkylation sites (tertiary alicyclic amines) is 1. The van der Waals surface area contributed by atoms with Crippen LogP contribution in [-0.4, -0.2) is 132 Å². The quantitative estimate of drug-likeness (QED) is 0.144. The van der Waals surface area contributed by atoms with E-state index in [0.717, 1.165) is 6.42 Å². The van der Waals surface area contributed by atoms with Crippen LogP contribution in [0.2, 0.25) is 0 Å². The van der Waals surface area contributed by atoms with Crippen molar-refractivity contribution in [3.8, 4) is 0 Å². The predicted octanol–water partition coefficient (Wildman–Crippen LogP) is 0.640. The SMILES string of the molecule is CC[C@H](C)[C@@H]([C@@H](CC(=O)N1CCC[C@H]1[C@H](OC)[C@@H](C)C(=O)N[C@@H](C)CO)OC)N(C)C(=O)[C@@H](NC(=O)[C@@H](N)CCS(C)=O)C(C)C. The van der Waals surface area contributed by atoms with E-state index in [9.17, 15) is 28.5 Å². The molecule has 1 aliphatic rings. The number of rotatable bonds is 20. The molecule has 0 radical (unpaired) electrons. The molecule has 10 atom stereocenters. The summed E-state index contributed by atoms with van der Waals surface area (Å²) in [5.74, 6) is -1.78. The standard InChI is InChI=1S/C32H61N5O8S/c1-11-20(4)28(36(7)32(42)27(19(2)3)35-31(41)23(33)14-16-46(10)43)25(44-8)17-26(39)37-15-12-13-24(37)29(45-9)22(6)30(40)34-21(5)18-38/h19-25,27-29,38H,11-18,33H2,1-10H3,(H,34,40)(H,35,41)/t20-,21-,22+,23-,24-,25+,27-,28-,29+,46?/m0/s1. The van der Waals surface area contributed by atoms with Crippen molar-refractivity contribution in [2.24, 2.45) is 23.5 Å². The maximum Gasteiger partial charge on any atom is 0.245 e. The third-order valence-corrected chi connectivity index (χ3v) is 10.0. The van der Waals surface area contributed by atoms with Gasteiger partial charge in [-0.1, -0.05) is 41.0 Å². The highest BCUT2D eigenvalue weighted by molar-refractivity contribution is 7.84. The molecule has 1 rings (SSSR count). The Bertz CT molecular complexity index is 1020. The number of nitrogens with zero attached hydrogens (tertiary/aromatic N) is 2. The molecular weight excluding hydrogens is 614 g/mol. The summed E-state index contributed by atoms with van der Waals surface area (Å²) in [4.78, 5) is 56.9. The van der Waals surface area contributed by atoms with E-state index in [0.29, 0.717) is 19.4 Å². The average Bonchev–Trinajstić information content (AvgIpc) is 3.50. The van der Waals surface area contributed by atoms with Crippen molar-refractivity contribution >= 4 is 34.4 Å². The molecule has 4 amide bonds. The average molecular weight is 676 g/mol. The molecule has 0 aromatic rings. The third kappa shape index (κ3) is 11.8. The second-order valence-corrected chi connectivity index (χ2v) is 14.6. The van der Waals surface area contributed by atoms with Crippen LogP contribution in [-0.2, 0) is 39.5 Å². The number of ether oxygens (including phenoxy) is 2. The van der Waals surface area contributed by atoms with Crippen molar-refractivity contribution < 1.29 is 38.0 Å². The van der Waals surface area contributed by atoms with E-state index in [1.807, 2.05) is 27.7 Å². The van der Waals surface area contributed by atoms with Crippen LogP contribution >= 0.6 is 0 Å². The first-order valence-corrected chi connectivity index (χ1v) is 18.2. The summed E-state index contributed by atoms with van der Waals surface area (Å²) in [5, 5.41) is 14.9. The summed E-state index contributed by atoms with van der Waals surface area (Å²) in [5.41, 5.74) is 6.03. The molecule has 0 aliphatic carbocycles. The Morgan fingerprint density at radius 2 is 1.70 bits per heavy atom. The largest absolute Gasteiger partial charge is 0.394 e. The van der Waals surface area contributed by atoms with Gasteiger partial charge in [0.25, 0.3) is 0 Å². The van der Waals surface area contributed by atoms with Gasteiger partial charge in [0.05, 0.1) is 49.3 Å². The second kappa shape index (κ2) is 20.3. The molecule has 0 bridgehead atoms. The van der Waals surface area contributed by atoms with Gasteiger partial charge in [0.2, 0.25) is 23.6 Å².